The Morgan fingerprint density at radius 1 is 1.38 bits per heavy atom. The van der Waals surface area contributed by atoms with Gasteiger partial charge in [0.25, 0.3) is 0 Å². The van der Waals surface area contributed by atoms with Gasteiger partial charge in [0.2, 0.25) is 0 Å². The van der Waals surface area contributed by atoms with Crippen LogP contribution >= 0.6 is 0 Å². The maximum absolute atomic E-state index is 11.6. The number of pyridine rings is 1. The van der Waals surface area contributed by atoms with E-state index in [0.29, 0.717) is 5.92 Å². The van der Waals surface area contributed by atoms with Gasteiger partial charge in [0.05, 0.1) is 11.6 Å². The molecule has 1 fully saturated rings. The molecule has 0 aromatic carbocycles. The fraction of sp³-hybridized carbons (Fsp3) is 0.647. The monoisotopic (exact) mass is 290 g/mol. The lowest BCUT2D eigenvalue weighted by molar-refractivity contribution is -0.146. The molecule has 21 heavy (non-hydrogen) atoms. The van der Waals surface area contributed by atoms with Crippen LogP contribution in [-0.2, 0) is 11.3 Å². The zero-order valence-electron chi connectivity index (χ0n) is 13.0. The SMILES string of the molecule is CCC1CCC(C(=O)O)C(N(CC)Cc2ccccn2)C1. The Morgan fingerprint density at radius 2 is 2.19 bits per heavy atom. The van der Waals surface area contributed by atoms with E-state index >= 15 is 0 Å². The molecule has 1 heterocycles. The van der Waals surface area contributed by atoms with Crippen LogP contribution in [0.25, 0.3) is 0 Å². The standard InChI is InChI=1S/C17H26N2O2/c1-3-13-8-9-15(17(20)21)16(11-13)19(4-2)12-14-7-5-6-10-18-14/h5-7,10,13,15-16H,3-4,8-9,11-12H2,1-2H3,(H,20,21). The fourth-order valence-corrected chi connectivity index (χ4v) is 3.46. The molecule has 3 unspecified atom stereocenters. The summed E-state index contributed by atoms with van der Waals surface area (Å²) >= 11 is 0. The quantitative estimate of drug-likeness (QED) is 0.874. The zero-order chi connectivity index (χ0) is 15.2. The lowest BCUT2D eigenvalue weighted by Gasteiger charge is -2.40. The van der Waals surface area contributed by atoms with E-state index in [0.717, 1.165) is 44.5 Å². The maximum Gasteiger partial charge on any atom is 0.308 e. The van der Waals surface area contributed by atoms with Gasteiger partial charge in [-0.15, -0.1) is 0 Å². The Hall–Kier alpha value is -1.42. The molecule has 1 aliphatic carbocycles. The zero-order valence-corrected chi connectivity index (χ0v) is 13.0. The number of carbonyl (C=O) groups is 1. The van der Waals surface area contributed by atoms with Crippen molar-refractivity contribution >= 4 is 5.97 Å². The molecule has 0 bridgehead atoms. The third kappa shape index (κ3) is 4.03. The summed E-state index contributed by atoms with van der Waals surface area (Å²) in [5.74, 6) is -0.228. The van der Waals surface area contributed by atoms with Crippen molar-refractivity contribution in [3.8, 4) is 0 Å². The van der Waals surface area contributed by atoms with Crippen molar-refractivity contribution in [3.05, 3.63) is 30.1 Å². The first-order valence-electron chi connectivity index (χ1n) is 8.02. The van der Waals surface area contributed by atoms with Crippen molar-refractivity contribution in [2.45, 2.75) is 52.1 Å². The van der Waals surface area contributed by atoms with Crippen molar-refractivity contribution < 1.29 is 9.90 Å². The summed E-state index contributed by atoms with van der Waals surface area (Å²) in [7, 11) is 0. The van der Waals surface area contributed by atoms with E-state index in [2.05, 4.69) is 23.7 Å². The summed E-state index contributed by atoms with van der Waals surface area (Å²) in [6.45, 7) is 5.92. The summed E-state index contributed by atoms with van der Waals surface area (Å²) in [6.07, 6.45) is 5.79. The van der Waals surface area contributed by atoms with E-state index in [1.807, 2.05) is 18.2 Å². The van der Waals surface area contributed by atoms with Gasteiger partial charge in [-0.05, 0) is 43.9 Å². The number of carboxylic acid groups (broad SMARTS) is 1. The van der Waals surface area contributed by atoms with Gasteiger partial charge < -0.3 is 5.11 Å². The first-order valence-corrected chi connectivity index (χ1v) is 8.02. The molecule has 116 valence electrons. The van der Waals surface area contributed by atoms with Crippen LogP contribution < -0.4 is 0 Å². The smallest absolute Gasteiger partial charge is 0.308 e. The number of aromatic nitrogens is 1. The summed E-state index contributed by atoms with van der Waals surface area (Å²) in [6, 6.07) is 6.04. The van der Waals surface area contributed by atoms with Crippen LogP contribution in [-0.4, -0.2) is 33.5 Å². The maximum atomic E-state index is 11.6. The summed E-state index contributed by atoms with van der Waals surface area (Å²) < 4.78 is 0. The topological polar surface area (TPSA) is 53.4 Å². The average Bonchev–Trinajstić information content (AvgIpc) is 2.52. The van der Waals surface area contributed by atoms with Crippen molar-refractivity contribution in [1.82, 2.24) is 9.88 Å². The highest BCUT2D eigenvalue weighted by Crippen LogP contribution is 2.34. The number of hydrogen-bond acceptors (Lipinski definition) is 3. The Kier molecular flexibility index (Phi) is 5.74. The number of aliphatic carboxylic acids is 1. The van der Waals surface area contributed by atoms with Crippen LogP contribution in [0.4, 0.5) is 0 Å². The number of rotatable bonds is 6. The van der Waals surface area contributed by atoms with Gasteiger partial charge in [0.1, 0.15) is 0 Å². The Labute approximate surface area is 127 Å². The molecule has 1 aromatic rings. The molecule has 1 saturated carbocycles. The van der Waals surface area contributed by atoms with Crippen LogP contribution in [0.15, 0.2) is 24.4 Å². The molecule has 3 atom stereocenters. The van der Waals surface area contributed by atoms with Gasteiger partial charge >= 0.3 is 5.97 Å². The van der Waals surface area contributed by atoms with E-state index in [9.17, 15) is 9.90 Å². The van der Waals surface area contributed by atoms with E-state index in [4.69, 9.17) is 0 Å². The second kappa shape index (κ2) is 7.55. The molecule has 1 aliphatic rings. The first-order chi connectivity index (χ1) is 10.2. The molecule has 2 rings (SSSR count). The minimum atomic E-state index is -0.644. The molecule has 0 radical (unpaired) electrons. The van der Waals surface area contributed by atoms with E-state index in [1.54, 1.807) is 6.20 Å². The predicted octanol–water partition coefficient (Wildman–Crippen LogP) is 3.18. The second-order valence-corrected chi connectivity index (χ2v) is 5.98. The third-order valence-electron chi connectivity index (χ3n) is 4.79. The largest absolute Gasteiger partial charge is 0.481 e. The van der Waals surface area contributed by atoms with Gasteiger partial charge in [0.15, 0.2) is 0 Å². The van der Waals surface area contributed by atoms with Crippen molar-refractivity contribution in [1.29, 1.82) is 0 Å². The fourth-order valence-electron chi connectivity index (χ4n) is 3.46. The molecule has 0 saturated heterocycles. The van der Waals surface area contributed by atoms with Gasteiger partial charge in [-0.3, -0.25) is 14.7 Å². The van der Waals surface area contributed by atoms with E-state index in [1.165, 1.54) is 0 Å². The van der Waals surface area contributed by atoms with Crippen molar-refractivity contribution in [2.75, 3.05) is 6.54 Å². The van der Waals surface area contributed by atoms with E-state index < -0.39 is 5.97 Å². The highest BCUT2D eigenvalue weighted by atomic mass is 16.4. The molecule has 4 heteroatoms. The molecule has 4 nitrogen and oxygen atoms in total. The highest BCUT2D eigenvalue weighted by Gasteiger charge is 2.37. The molecule has 0 aliphatic heterocycles. The van der Waals surface area contributed by atoms with Gasteiger partial charge in [0, 0.05) is 18.8 Å². The number of nitrogens with zero attached hydrogens (tertiary/aromatic N) is 2. The number of hydrogen-bond donors (Lipinski definition) is 1. The summed E-state index contributed by atoms with van der Waals surface area (Å²) in [5, 5.41) is 9.54. The molecule has 1 N–H and O–H groups in total. The summed E-state index contributed by atoms with van der Waals surface area (Å²) in [4.78, 5) is 18.3. The first kappa shape index (κ1) is 16.0. The second-order valence-electron chi connectivity index (χ2n) is 5.98. The third-order valence-corrected chi connectivity index (χ3v) is 4.79. The average molecular weight is 290 g/mol. The molecule has 0 amide bonds. The van der Waals surface area contributed by atoms with Crippen molar-refractivity contribution in [3.63, 3.8) is 0 Å². The Balaban J connectivity index is 2.13. The lowest BCUT2D eigenvalue weighted by atomic mass is 9.76. The van der Waals surface area contributed by atoms with Crippen LogP contribution in [0.5, 0.6) is 0 Å². The van der Waals surface area contributed by atoms with Gasteiger partial charge in [-0.25, -0.2) is 0 Å². The van der Waals surface area contributed by atoms with Crippen LogP contribution in [0.1, 0.15) is 45.2 Å². The molecule has 1 aromatic heterocycles. The normalized spacial score (nSPS) is 26.0. The predicted molar refractivity (Wildman–Crippen MR) is 82.9 cm³/mol. The summed E-state index contributed by atoms with van der Waals surface area (Å²) in [5.41, 5.74) is 1.02. The molecular weight excluding hydrogens is 264 g/mol. The van der Waals surface area contributed by atoms with Crippen LogP contribution in [0, 0.1) is 11.8 Å². The van der Waals surface area contributed by atoms with E-state index in [-0.39, 0.29) is 12.0 Å². The van der Waals surface area contributed by atoms with Crippen LogP contribution in [0.2, 0.25) is 0 Å². The Bertz CT molecular complexity index is 449. The minimum absolute atomic E-state index is 0.133. The molecule has 0 spiro atoms. The Morgan fingerprint density at radius 3 is 2.76 bits per heavy atom. The highest BCUT2D eigenvalue weighted by molar-refractivity contribution is 5.71. The van der Waals surface area contributed by atoms with Gasteiger partial charge in [-0.2, -0.15) is 0 Å². The minimum Gasteiger partial charge on any atom is -0.481 e. The van der Waals surface area contributed by atoms with Crippen molar-refractivity contribution in [2.24, 2.45) is 11.8 Å². The molecular formula is C17H26N2O2. The van der Waals surface area contributed by atoms with Crippen LogP contribution in [0.3, 0.4) is 0 Å². The lowest BCUT2D eigenvalue weighted by Crippen LogP contribution is -2.47. The van der Waals surface area contributed by atoms with Gasteiger partial charge in [-0.1, -0.05) is 26.3 Å². The number of carboxylic acids is 1.